The molecule has 3 aliphatic heterocycles. The summed E-state index contributed by atoms with van der Waals surface area (Å²) in [5, 5.41) is 13.5. The third-order valence-electron chi connectivity index (χ3n) is 12.9. The van der Waals surface area contributed by atoms with E-state index in [1.165, 1.54) is 7.11 Å². The standard InChI is InChI=1S/C38H56BN5O7/c1-35(2,44-18-16-42(17-19-44)34(47)48-7)24-37(5,25-40)32(45)43-15-11-14-28(23-43)49-33(46)41-31(20-26-12-9-8-10-13-26)39-50-30-22-27-21-29(36(27,3)4)38(30,6)51-39/h8-10,12-13,27-31H,11,14-24H2,1-7H3,(H,41,46)/t27?,28?,29?,30?,31?,37?,38-/m0/s1. The van der Waals surface area contributed by atoms with E-state index in [0.29, 0.717) is 70.2 Å². The Bertz CT molecular complexity index is 1500. The molecule has 6 aliphatic rings. The highest BCUT2D eigenvalue weighted by molar-refractivity contribution is 6.48. The van der Waals surface area contributed by atoms with E-state index in [0.717, 1.165) is 18.4 Å². The smallest absolute Gasteiger partial charge is 0.453 e. The van der Waals surface area contributed by atoms with Crippen LogP contribution >= 0.6 is 0 Å². The van der Waals surface area contributed by atoms with Gasteiger partial charge >= 0.3 is 19.3 Å². The van der Waals surface area contributed by atoms with Crippen LogP contribution < -0.4 is 5.32 Å². The Kier molecular flexibility index (Phi) is 10.4. The monoisotopic (exact) mass is 705 g/mol. The summed E-state index contributed by atoms with van der Waals surface area (Å²) in [6.07, 6.45) is 2.76. The zero-order chi connectivity index (χ0) is 36.8. The van der Waals surface area contributed by atoms with Crippen LogP contribution in [0.15, 0.2) is 30.3 Å². The van der Waals surface area contributed by atoms with E-state index in [2.05, 4.69) is 37.1 Å². The molecule has 0 radical (unpaired) electrons. The molecular weight excluding hydrogens is 649 g/mol. The van der Waals surface area contributed by atoms with Gasteiger partial charge in [-0.05, 0) is 89.0 Å². The lowest BCUT2D eigenvalue weighted by molar-refractivity contribution is -0.199. The van der Waals surface area contributed by atoms with E-state index < -0.39 is 41.8 Å². The summed E-state index contributed by atoms with van der Waals surface area (Å²) in [5.74, 6) is 0.285. The number of carbonyl (C=O) groups is 3. The number of piperidine rings is 1. The van der Waals surface area contributed by atoms with Crippen molar-refractivity contribution in [3.05, 3.63) is 35.9 Å². The number of benzene rings is 1. The van der Waals surface area contributed by atoms with Crippen molar-refractivity contribution in [3.8, 4) is 6.07 Å². The first-order valence-electron chi connectivity index (χ1n) is 18.7. The molecule has 13 heteroatoms. The fourth-order valence-corrected chi connectivity index (χ4v) is 9.82. The number of ether oxygens (including phenoxy) is 2. The maximum atomic E-state index is 14.0. The van der Waals surface area contributed by atoms with E-state index >= 15 is 0 Å². The molecule has 3 amide bonds. The Morgan fingerprint density at radius 1 is 1.06 bits per heavy atom. The van der Waals surface area contributed by atoms with Gasteiger partial charge in [-0.25, -0.2) is 9.59 Å². The van der Waals surface area contributed by atoms with Crippen molar-refractivity contribution < 1.29 is 33.2 Å². The van der Waals surface area contributed by atoms with Crippen LogP contribution in [0.2, 0.25) is 0 Å². The summed E-state index contributed by atoms with van der Waals surface area (Å²) in [6.45, 7) is 15.6. The lowest BCUT2D eigenvalue weighted by atomic mass is 9.43. The van der Waals surface area contributed by atoms with Crippen molar-refractivity contribution in [2.24, 2.45) is 22.7 Å². The summed E-state index contributed by atoms with van der Waals surface area (Å²) in [6, 6.07) is 12.3. The zero-order valence-corrected chi connectivity index (χ0v) is 31.5. The Hall–Kier alpha value is -3.34. The highest BCUT2D eigenvalue weighted by Gasteiger charge is 2.68. The number of alkyl carbamates (subject to hydrolysis) is 1. The van der Waals surface area contributed by atoms with Crippen molar-refractivity contribution in [1.29, 1.82) is 5.26 Å². The molecule has 6 fully saturated rings. The number of carbonyl (C=O) groups excluding carboxylic acids is 3. The number of piperazine rings is 1. The second-order valence-electron chi connectivity index (χ2n) is 17.1. The van der Waals surface area contributed by atoms with Crippen LogP contribution in [0.25, 0.3) is 0 Å². The molecule has 3 saturated carbocycles. The number of hydrogen-bond donors (Lipinski definition) is 1. The van der Waals surface area contributed by atoms with Gasteiger partial charge in [0.2, 0.25) is 5.91 Å². The van der Waals surface area contributed by atoms with Crippen molar-refractivity contribution in [1.82, 2.24) is 20.0 Å². The number of amides is 3. The molecule has 1 N–H and O–H groups in total. The lowest BCUT2D eigenvalue weighted by Gasteiger charge is -2.64. The molecule has 1 aromatic rings. The minimum absolute atomic E-state index is 0.0165. The van der Waals surface area contributed by atoms with Crippen molar-refractivity contribution in [2.75, 3.05) is 46.4 Å². The van der Waals surface area contributed by atoms with Gasteiger partial charge in [0.05, 0.1) is 37.4 Å². The Morgan fingerprint density at radius 3 is 2.41 bits per heavy atom. The normalized spacial score (nSPS) is 30.6. The molecule has 1 aromatic carbocycles. The molecule has 3 aliphatic carbocycles. The fraction of sp³-hybridized carbons (Fsp3) is 0.737. The average molecular weight is 706 g/mol. The molecule has 0 aromatic heterocycles. The van der Waals surface area contributed by atoms with Gasteiger partial charge in [0.15, 0.2) is 0 Å². The second-order valence-corrected chi connectivity index (χ2v) is 17.1. The van der Waals surface area contributed by atoms with Gasteiger partial charge < -0.3 is 33.9 Å². The fourth-order valence-electron chi connectivity index (χ4n) is 9.82. The Morgan fingerprint density at radius 2 is 1.76 bits per heavy atom. The van der Waals surface area contributed by atoms with Gasteiger partial charge in [-0.15, -0.1) is 0 Å². The summed E-state index contributed by atoms with van der Waals surface area (Å²) in [7, 11) is 0.761. The molecular formula is C38H56BN5O7. The molecule has 51 heavy (non-hydrogen) atoms. The van der Waals surface area contributed by atoms with Crippen LogP contribution in [0.4, 0.5) is 9.59 Å². The number of hydrogen-bond acceptors (Lipinski definition) is 9. The number of nitriles is 1. The van der Waals surface area contributed by atoms with Gasteiger partial charge in [-0.1, -0.05) is 44.2 Å². The maximum absolute atomic E-state index is 14.0. The number of nitrogens with one attached hydrogen (secondary N) is 1. The van der Waals surface area contributed by atoms with Gasteiger partial charge in [0.25, 0.3) is 0 Å². The topological polar surface area (TPSA) is 134 Å². The van der Waals surface area contributed by atoms with Crippen molar-refractivity contribution in [3.63, 3.8) is 0 Å². The predicted molar refractivity (Wildman–Crippen MR) is 191 cm³/mol. The maximum Gasteiger partial charge on any atom is 0.482 e. The summed E-state index contributed by atoms with van der Waals surface area (Å²) in [5.41, 5.74) is -0.914. The highest BCUT2D eigenvalue weighted by Crippen LogP contribution is 2.65. The first-order valence-corrected chi connectivity index (χ1v) is 18.7. The third kappa shape index (κ3) is 7.33. The van der Waals surface area contributed by atoms with E-state index in [4.69, 9.17) is 18.8 Å². The number of rotatable bonds is 9. The molecule has 3 heterocycles. The molecule has 2 bridgehead atoms. The van der Waals surface area contributed by atoms with E-state index in [1.54, 1.807) is 16.7 Å². The SMILES string of the molecule is COC(=O)N1CCN(C(C)(C)CC(C)(C#N)C(=O)N2CCCC(OC(=O)NC(Cc3ccccc3)B3OC4CC5CC(C5(C)C)[C@]4(C)O3)C2)CC1. The predicted octanol–water partition coefficient (Wildman–Crippen LogP) is 4.66. The Labute approximate surface area is 303 Å². The van der Waals surface area contributed by atoms with Gasteiger partial charge in [0, 0.05) is 38.3 Å². The van der Waals surface area contributed by atoms with Gasteiger partial charge in [-0.3, -0.25) is 9.69 Å². The minimum atomic E-state index is -1.28. The summed E-state index contributed by atoms with van der Waals surface area (Å²) in [4.78, 5) is 45.2. The molecule has 6 unspecified atom stereocenters. The van der Waals surface area contributed by atoms with E-state index in [9.17, 15) is 19.6 Å². The largest absolute Gasteiger partial charge is 0.482 e. The van der Waals surface area contributed by atoms with Crippen LogP contribution in [0.3, 0.4) is 0 Å². The average Bonchev–Trinajstić information content (AvgIpc) is 3.48. The molecule has 278 valence electrons. The minimum Gasteiger partial charge on any atom is -0.453 e. The van der Waals surface area contributed by atoms with E-state index in [1.807, 2.05) is 44.2 Å². The zero-order valence-electron chi connectivity index (χ0n) is 31.5. The molecule has 7 atom stereocenters. The molecule has 7 rings (SSSR count). The van der Waals surface area contributed by atoms with E-state index in [-0.39, 0.29) is 30.1 Å². The van der Waals surface area contributed by atoms with Crippen LogP contribution in [-0.2, 0) is 30.0 Å². The van der Waals surface area contributed by atoms with Crippen molar-refractivity contribution in [2.45, 2.75) is 109 Å². The Balaban J connectivity index is 1.07. The van der Waals surface area contributed by atoms with Gasteiger partial charge in [-0.2, -0.15) is 5.26 Å². The molecule has 3 saturated heterocycles. The highest BCUT2D eigenvalue weighted by atomic mass is 16.7. The van der Waals surface area contributed by atoms with Crippen molar-refractivity contribution >= 4 is 25.2 Å². The number of nitrogens with zero attached hydrogens (tertiary/aromatic N) is 4. The van der Waals surface area contributed by atoms with Gasteiger partial charge in [0.1, 0.15) is 11.5 Å². The number of methoxy groups -OCH3 is 1. The third-order valence-corrected chi connectivity index (χ3v) is 12.9. The summed E-state index contributed by atoms with van der Waals surface area (Å²) < 4.78 is 24.2. The van der Waals surface area contributed by atoms with Crippen LogP contribution in [-0.4, -0.2) is 116 Å². The first kappa shape index (κ1) is 37.4. The lowest BCUT2D eigenvalue weighted by Crippen LogP contribution is -2.65. The number of likely N-dealkylation sites (tertiary alicyclic amines) is 1. The summed E-state index contributed by atoms with van der Waals surface area (Å²) >= 11 is 0. The second kappa shape index (κ2) is 14.2. The van der Waals surface area contributed by atoms with Crippen LogP contribution in [0.5, 0.6) is 0 Å². The quantitative estimate of drug-likeness (QED) is 0.364. The molecule has 0 spiro atoms. The van der Waals surface area contributed by atoms with Crippen LogP contribution in [0.1, 0.15) is 79.2 Å². The molecule has 12 nitrogen and oxygen atoms in total. The first-order chi connectivity index (χ1) is 24.1. The van der Waals surface area contributed by atoms with Crippen LogP contribution in [0, 0.1) is 34.0 Å².